The minimum absolute atomic E-state index is 0.0569. The van der Waals surface area contributed by atoms with E-state index in [0.717, 1.165) is 36.4 Å². The molecule has 0 N–H and O–H groups in total. The van der Waals surface area contributed by atoms with Crippen molar-refractivity contribution >= 4 is 5.91 Å². The molecule has 116 valence electrons. The number of hydrogen-bond acceptors (Lipinski definition) is 3. The van der Waals surface area contributed by atoms with Crippen molar-refractivity contribution in [1.82, 2.24) is 14.7 Å². The third-order valence-electron chi connectivity index (χ3n) is 4.24. The Bertz CT molecular complexity index is 676. The van der Waals surface area contributed by atoms with E-state index in [2.05, 4.69) is 5.10 Å². The monoisotopic (exact) mass is 299 g/mol. The average molecular weight is 299 g/mol. The highest BCUT2D eigenvalue weighted by atomic mass is 16.5. The Morgan fingerprint density at radius 1 is 1.32 bits per heavy atom. The van der Waals surface area contributed by atoms with E-state index in [1.165, 1.54) is 0 Å². The number of methoxy groups -OCH3 is 1. The minimum Gasteiger partial charge on any atom is -0.497 e. The molecule has 0 bridgehead atoms. The lowest BCUT2D eigenvalue weighted by molar-refractivity contribution is 0.0724. The van der Waals surface area contributed by atoms with E-state index < -0.39 is 0 Å². The van der Waals surface area contributed by atoms with Gasteiger partial charge in [0.1, 0.15) is 11.4 Å². The lowest BCUT2D eigenvalue weighted by Crippen LogP contribution is -2.32. The molecule has 0 unspecified atom stereocenters. The normalized spacial score (nSPS) is 17.8. The van der Waals surface area contributed by atoms with Crippen LogP contribution in [0.4, 0.5) is 0 Å². The Hall–Kier alpha value is -2.30. The highest BCUT2D eigenvalue weighted by Crippen LogP contribution is 2.33. The first-order chi connectivity index (χ1) is 10.6. The lowest BCUT2D eigenvalue weighted by atomic mass is 10.0. The van der Waals surface area contributed by atoms with Gasteiger partial charge in [0.05, 0.1) is 18.8 Å². The average Bonchev–Trinajstić information content (AvgIpc) is 3.13. The Morgan fingerprint density at radius 2 is 2.05 bits per heavy atom. The van der Waals surface area contributed by atoms with Crippen molar-refractivity contribution in [2.24, 2.45) is 7.05 Å². The number of aromatic nitrogens is 2. The van der Waals surface area contributed by atoms with Crippen molar-refractivity contribution in [1.29, 1.82) is 0 Å². The molecular weight excluding hydrogens is 278 g/mol. The van der Waals surface area contributed by atoms with E-state index in [1.54, 1.807) is 11.8 Å². The van der Waals surface area contributed by atoms with Crippen LogP contribution in [0.2, 0.25) is 0 Å². The van der Waals surface area contributed by atoms with Crippen LogP contribution in [0.1, 0.15) is 40.6 Å². The molecule has 0 saturated carbocycles. The summed E-state index contributed by atoms with van der Waals surface area (Å²) in [5.41, 5.74) is 2.68. The van der Waals surface area contributed by atoms with Gasteiger partial charge in [0.2, 0.25) is 0 Å². The van der Waals surface area contributed by atoms with Gasteiger partial charge in [-0.05, 0) is 43.5 Å². The molecule has 1 aromatic carbocycles. The van der Waals surface area contributed by atoms with Crippen LogP contribution >= 0.6 is 0 Å². The molecule has 5 heteroatoms. The number of hydrogen-bond donors (Lipinski definition) is 0. The van der Waals surface area contributed by atoms with Crippen LogP contribution in [-0.2, 0) is 7.05 Å². The summed E-state index contributed by atoms with van der Waals surface area (Å²) in [6.45, 7) is 2.70. The van der Waals surface area contributed by atoms with E-state index in [0.29, 0.717) is 5.69 Å². The SMILES string of the molecule is COc1ccc([C@@H]2CCCN2C(=O)c2cc(C)nn2C)cc1. The summed E-state index contributed by atoms with van der Waals surface area (Å²) in [5, 5.41) is 4.28. The molecule has 2 aromatic rings. The Kier molecular flexibility index (Phi) is 3.88. The number of nitrogens with zero attached hydrogens (tertiary/aromatic N) is 3. The Morgan fingerprint density at radius 3 is 2.64 bits per heavy atom. The molecule has 1 aliphatic heterocycles. The number of carbonyl (C=O) groups is 1. The smallest absolute Gasteiger partial charge is 0.272 e. The number of rotatable bonds is 3. The number of amides is 1. The first-order valence-corrected chi connectivity index (χ1v) is 7.55. The van der Waals surface area contributed by atoms with Gasteiger partial charge < -0.3 is 9.64 Å². The van der Waals surface area contributed by atoms with E-state index in [-0.39, 0.29) is 11.9 Å². The molecular formula is C17H21N3O2. The predicted molar refractivity (Wildman–Crippen MR) is 84.0 cm³/mol. The summed E-state index contributed by atoms with van der Waals surface area (Å²) >= 11 is 0. The number of aryl methyl sites for hydroxylation is 2. The highest BCUT2D eigenvalue weighted by Gasteiger charge is 2.31. The molecule has 0 radical (unpaired) electrons. The lowest BCUT2D eigenvalue weighted by Gasteiger charge is -2.25. The van der Waals surface area contributed by atoms with Crippen molar-refractivity contribution in [2.45, 2.75) is 25.8 Å². The van der Waals surface area contributed by atoms with Crippen LogP contribution in [0, 0.1) is 6.92 Å². The number of ether oxygens (including phenoxy) is 1. The summed E-state index contributed by atoms with van der Waals surface area (Å²) in [7, 11) is 3.48. The third kappa shape index (κ3) is 2.58. The number of likely N-dealkylation sites (tertiary alicyclic amines) is 1. The second kappa shape index (κ2) is 5.83. The van der Waals surface area contributed by atoms with Gasteiger partial charge in [-0.3, -0.25) is 9.48 Å². The van der Waals surface area contributed by atoms with Crippen LogP contribution in [0.25, 0.3) is 0 Å². The zero-order valence-corrected chi connectivity index (χ0v) is 13.2. The zero-order chi connectivity index (χ0) is 15.7. The topological polar surface area (TPSA) is 47.4 Å². The second-order valence-corrected chi connectivity index (χ2v) is 5.72. The minimum atomic E-state index is 0.0569. The molecule has 1 fully saturated rings. The van der Waals surface area contributed by atoms with Crippen molar-refractivity contribution in [3.63, 3.8) is 0 Å². The van der Waals surface area contributed by atoms with Crippen LogP contribution in [0.15, 0.2) is 30.3 Å². The van der Waals surface area contributed by atoms with Gasteiger partial charge in [0.15, 0.2) is 0 Å². The Labute approximate surface area is 130 Å². The fraction of sp³-hybridized carbons (Fsp3) is 0.412. The van der Waals surface area contributed by atoms with Crippen molar-refractivity contribution < 1.29 is 9.53 Å². The van der Waals surface area contributed by atoms with Crippen LogP contribution in [0.3, 0.4) is 0 Å². The Balaban J connectivity index is 1.86. The van der Waals surface area contributed by atoms with Crippen LogP contribution in [0.5, 0.6) is 5.75 Å². The summed E-state index contributed by atoms with van der Waals surface area (Å²) < 4.78 is 6.87. The summed E-state index contributed by atoms with van der Waals surface area (Å²) in [6, 6.07) is 9.97. The molecule has 1 amide bonds. The first-order valence-electron chi connectivity index (χ1n) is 7.55. The van der Waals surface area contributed by atoms with Crippen molar-refractivity contribution in [2.75, 3.05) is 13.7 Å². The largest absolute Gasteiger partial charge is 0.497 e. The summed E-state index contributed by atoms with van der Waals surface area (Å²) in [6.07, 6.45) is 2.02. The van der Waals surface area contributed by atoms with E-state index in [1.807, 2.05) is 49.2 Å². The first kappa shape index (κ1) is 14.6. The maximum atomic E-state index is 12.8. The maximum Gasteiger partial charge on any atom is 0.272 e. The van der Waals surface area contributed by atoms with Gasteiger partial charge in [0.25, 0.3) is 5.91 Å². The van der Waals surface area contributed by atoms with E-state index in [9.17, 15) is 4.79 Å². The molecule has 0 aliphatic carbocycles. The number of carbonyl (C=O) groups excluding carboxylic acids is 1. The molecule has 1 aromatic heterocycles. The van der Waals surface area contributed by atoms with Gasteiger partial charge in [-0.2, -0.15) is 5.10 Å². The molecule has 1 aliphatic rings. The third-order valence-corrected chi connectivity index (χ3v) is 4.24. The maximum absolute atomic E-state index is 12.8. The van der Waals surface area contributed by atoms with E-state index >= 15 is 0 Å². The summed E-state index contributed by atoms with van der Waals surface area (Å²) in [4.78, 5) is 14.8. The van der Waals surface area contributed by atoms with Crippen molar-refractivity contribution in [3.05, 3.63) is 47.3 Å². The second-order valence-electron chi connectivity index (χ2n) is 5.72. The van der Waals surface area contributed by atoms with Crippen LogP contribution in [-0.4, -0.2) is 34.2 Å². The van der Waals surface area contributed by atoms with Gasteiger partial charge in [0, 0.05) is 13.6 Å². The quantitative estimate of drug-likeness (QED) is 0.875. The molecule has 0 spiro atoms. The zero-order valence-electron chi connectivity index (χ0n) is 13.2. The predicted octanol–water partition coefficient (Wildman–Crippen LogP) is 2.71. The fourth-order valence-corrected chi connectivity index (χ4v) is 3.14. The van der Waals surface area contributed by atoms with Gasteiger partial charge in [-0.1, -0.05) is 12.1 Å². The molecule has 5 nitrogen and oxygen atoms in total. The van der Waals surface area contributed by atoms with Crippen LogP contribution < -0.4 is 4.74 Å². The highest BCUT2D eigenvalue weighted by molar-refractivity contribution is 5.93. The molecule has 22 heavy (non-hydrogen) atoms. The van der Waals surface area contributed by atoms with Gasteiger partial charge in [-0.25, -0.2) is 0 Å². The standard InChI is InChI=1S/C17H21N3O2/c1-12-11-16(19(2)18-12)17(21)20-10-4-5-15(20)13-6-8-14(22-3)9-7-13/h6-9,11,15H,4-5,10H2,1-3H3/t15-/m0/s1. The molecule has 1 atom stereocenters. The molecule has 3 rings (SSSR count). The molecule has 2 heterocycles. The fourth-order valence-electron chi connectivity index (χ4n) is 3.14. The van der Waals surface area contributed by atoms with E-state index in [4.69, 9.17) is 4.74 Å². The van der Waals surface area contributed by atoms with Gasteiger partial charge in [-0.15, -0.1) is 0 Å². The van der Waals surface area contributed by atoms with Crippen molar-refractivity contribution in [3.8, 4) is 5.75 Å². The van der Waals surface area contributed by atoms with Gasteiger partial charge >= 0.3 is 0 Å². The molecule has 1 saturated heterocycles. The summed E-state index contributed by atoms with van der Waals surface area (Å²) in [5.74, 6) is 0.892. The number of benzene rings is 1.